The number of benzene rings is 3. The van der Waals surface area contributed by atoms with Gasteiger partial charge in [0.25, 0.3) is 0 Å². The summed E-state index contributed by atoms with van der Waals surface area (Å²) in [5.41, 5.74) is 6.06. The molecule has 0 radical (unpaired) electrons. The van der Waals surface area contributed by atoms with E-state index >= 15 is 0 Å². The highest BCUT2D eigenvalue weighted by molar-refractivity contribution is 6.31. The van der Waals surface area contributed by atoms with Crippen LogP contribution in [-0.4, -0.2) is 63.7 Å². The molecule has 3 aromatic carbocycles. The van der Waals surface area contributed by atoms with Crippen molar-refractivity contribution in [1.82, 2.24) is 24.4 Å². The van der Waals surface area contributed by atoms with E-state index in [1.165, 1.54) is 5.69 Å². The van der Waals surface area contributed by atoms with Gasteiger partial charge in [-0.2, -0.15) is 0 Å². The number of imidazole rings is 1. The molecule has 6 rings (SSSR count). The number of hydrogen-bond acceptors (Lipinski definition) is 6. The number of fused-ring (bicyclic) bond motifs is 1. The second kappa shape index (κ2) is 11.4. The lowest BCUT2D eigenvalue weighted by Gasteiger charge is -2.37. The quantitative estimate of drug-likeness (QED) is 0.242. The standard InChI is InChI=1S/C31H32ClN7/c1-23-26(32)14-8-15-27(23)38-20-18-37(19-21-38)17-9-16-33-29-28-31(35-22-34-29)39(25-12-6-3-7-13-25)30(36-28)24-10-4-2-5-11-24/h2-8,10-15,22H,9,16-21H2,1H3,(H,33,34,35). The lowest BCUT2D eigenvalue weighted by Crippen LogP contribution is -2.47. The zero-order valence-corrected chi connectivity index (χ0v) is 22.8. The second-order valence-electron chi connectivity index (χ2n) is 9.86. The summed E-state index contributed by atoms with van der Waals surface area (Å²) in [6, 6.07) is 26.7. The molecule has 0 aliphatic carbocycles. The summed E-state index contributed by atoms with van der Waals surface area (Å²) in [4.78, 5) is 19.2. The minimum atomic E-state index is 0.771. The second-order valence-corrected chi connectivity index (χ2v) is 10.3. The van der Waals surface area contributed by atoms with E-state index in [0.29, 0.717) is 0 Å². The van der Waals surface area contributed by atoms with Crippen LogP contribution >= 0.6 is 11.6 Å². The molecule has 1 aliphatic heterocycles. The van der Waals surface area contributed by atoms with E-state index in [0.717, 1.165) is 90.3 Å². The molecular formula is C31H32ClN7. The highest BCUT2D eigenvalue weighted by atomic mass is 35.5. The SMILES string of the molecule is Cc1c(Cl)cccc1N1CCN(CCCNc2ncnc3c2nc(-c2ccccc2)n3-c2ccccc2)CC1. The predicted molar refractivity (Wildman–Crippen MR) is 160 cm³/mol. The van der Waals surface area contributed by atoms with Gasteiger partial charge in [0.1, 0.15) is 12.2 Å². The molecule has 1 N–H and O–H groups in total. The number of nitrogens with one attached hydrogen (secondary N) is 1. The highest BCUT2D eigenvalue weighted by Crippen LogP contribution is 2.30. The molecule has 5 aromatic rings. The van der Waals surface area contributed by atoms with Gasteiger partial charge < -0.3 is 10.2 Å². The number of rotatable bonds is 8. The molecule has 0 bridgehead atoms. The fourth-order valence-electron chi connectivity index (χ4n) is 5.28. The Labute approximate surface area is 234 Å². The third-order valence-corrected chi connectivity index (χ3v) is 7.80. The molecule has 0 atom stereocenters. The zero-order chi connectivity index (χ0) is 26.6. The predicted octanol–water partition coefficient (Wildman–Crippen LogP) is 6.07. The van der Waals surface area contributed by atoms with Crippen LogP contribution in [-0.2, 0) is 0 Å². The Morgan fingerprint density at radius 1 is 0.846 bits per heavy atom. The topological polar surface area (TPSA) is 62.1 Å². The van der Waals surface area contributed by atoms with E-state index in [-0.39, 0.29) is 0 Å². The van der Waals surface area contributed by atoms with E-state index in [4.69, 9.17) is 16.6 Å². The van der Waals surface area contributed by atoms with Crippen molar-refractivity contribution in [1.29, 1.82) is 0 Å². The first-order valence-corrected chi connectivity index (χ1v) is 13.9. The van der Waals surface area contributed by atoms with Crippen molar-refractivity contribution in [2.75, 3.05) is 49.5 Å². The monoisotopic (exact) mass is 537 g/mol. The summed E-state index contributed by atoms with van der Waals surface area (Å²) < 4.78 is 2.11. The lowest BCUT2D eigenvalue weighted by atomic mass is 10.1. The fourth-order valence-corrected chi connectivity index (χ4v) is 5.45. The van der Waals surface area contributed by atoms with Crippen LogP contribution in [0.5, 0.6) is 0 Å². The van der Waals surface area contributed by atoms with Crippen molar-refractivity contribution in [2.45, 2.75) is 13.3 Å². The van der Waals surface area contributed by atoms with Crippen molar-refractivity contribution < 1.29 is 0 Å². The number of hydrogen-bond donors (Lipinski definition) is 1. The number of anilines is 2. The maximum atomic E-state index is 6.35. The van der Waals surface area contributed by atoms with Crippen LogP contribution < -0.4 is 10.2 Å². The van der Waals surface area contributed by atoms with Crippen LogP contribution in [0.15, 0.2) is 85.2 Å². The smallest absolute Gasteiger partial charge is 0.170 e. The molecule has 7 nitrogen and oxygen atoms in total. The molecule has 1 saturated heterocycles. The molecule has 2 aromatic heterocycles. The van der Waals surface area contributed by atoms with Gasteiger partial charge in [-0.05, 0) is 49.7 Å². The highest BCUT2D eigenvalue weighted by Gasteiger charge is 2.20. The molecule has 0 spiro atoms. The maximum Gasteiger partial charge on any atom is 0.170 e. The van der Waals surface area contributed by atoms with Crippen LogP contribution in [0.1, 0.15) is 12.0 Å². The average molecular weight is 538 g/mol. The lowest BCUT2D eigenvalue weighted by molar-refractivity contribution is 0.257. The minimum absolute atomic E-state index is 0.771. The van der Waals surface area contributed by atoms with Gasteiger partial charge in [-0.1, -0.05) is 66.2 Å². The summed E-state index contributed by atoms with van der Waals surface area (Å²) in [6.45, 7) is 8.08. The van der Waals surface area contributed by atoms with Crippen molar-refractivity contribution in [3.8, 4) is 17.1 Å². The van der Waals surface area contributed by atoms with Crippen LogP contribution in [0.2, 0.25) is 5.02 Å². The van der Waals surface area contributed by atoms with Gasteiger partial charge in [0, 0.05) is 54.7 Å². The summed E-state index contributed by atoms with van der Waals surface area (Å²) in [5.74, 6) is 1.63. The van der Waals surface area contributed by atoms with Gasteiger partial charge in [-0.25, -0.2) is 15.0 Å². The Morgan fingerprint density at radius 2 is 1.59 bits per heavy atom. The normalized spacial score (nSPS) is 14.2. The Balaban J connectivity index is 1.13. The largest absolute Gasteiger partial charge is 0.369 e. The summed E-state index contributed by atoms with van der Waals surface area (Å²) in [7, 11) is 0. The molecule has 0 saturated carbocycles. The summed E-state index contributed by atoms with van der Waals surface area (Å²) in [5, 5.41) is 4.38. The molecule has 1 aliphatic rings. The molecular weight excluding hydrogens is 506 g/mol. The Hall–Kier alpha value is -3.94. The molecule has 0 unspecified atom stereocenters. The molecule has 39 heavy (non-hydrogen) atoms. The number of piperazine rings is 1. The zero-order valence-electron chi connectivity index (χ0n) is 22.1. The third-order valence-electron chi connectivity index (χ3n) is 7.39. The Morgan fingerprint density at radius 3 is 2.36 bits per heavy atom. The van der Waals surface area contributed by atoms with Gasteiger partial charge in [0.2, 0.25) is 0 Å². The van der Waals surface area contributed by atoms with Crippen LogP contribution in [0, 0.1) is 6.92 Å². The van der Waals surface area contributed by atoms with Gasteiger partial charge in [-0.3, -0.25) is 9.47 Å². The first kappa shape index (κ1) is 25.3. The van der Waals surface area contributed by atoms with Crippen molar-refractivity contribution >= 4 is 34.3 Å². The first-order chi connectivity index (χ1) is 19.2. The maximum absolute atomic E-state index is 6.35. The molecule has 1 fully saturated rings. The fraction of sp³-hybridized carbons (Fsp3) is 0.258. The number of nitrogens with zero attached hydrogens (tertiary/aromatic N) is 6. The van der Waals surface area contributed by atoms with E-state index in [1.54, 1.807) is 6.33 Å². The van der Waals surface area contributed by atoms with E-state index in [9.17, 15) is 0 Å². The van der Waals surface area contributed by atoms with Crippen molar-refractivity contribution in [3.05, 3.63) is 95.8 Å². The summed E-state index contributed by atoms with van der Waals surface area (Å²) >= 11 is 6.35. The van der Waals surface area contributed by atoms with Crippen LogP contribution in [0.3, 0.4) is 0 Å². The first-order valence-electron chi connectivity index (χ1n) is 13.5. The number of halogens is 1. The van der Waals surface area contributed by atoms with Crippen molar-refractivity contribution in [3.63, 3.8) is 0 Å². The third kappa shape index (κ3) is 5.33. The number of para-hydroxylation sites is 1. The molecule has 3 heterocycles. The Kier molecular flexibility index (Phi) is 7.43. The van der Waals surface area contributed by atoms with E-state index in [2.05, 4.69) is 66.9 Å². The van der Waals surface area contributed by atoms with Gasteiger partial charge in [0.05, 0.1) is 0 Å². The van der Waals surface area contributed by atoms with Gasteiger partial charge >= 0.3 is 0 Å². The molecule has 198 valence electrons. The van der Waals surface area contributed by atoms with E-state index < -0.39 is 0 Å². The Bertz CT molecular complexity index is 1540. The average Bonchev–Trinajstić information content (AvgIpc) is 3.39. The van der Waals surface area contributed by atoms with Gasteiger partial charge in [0.15, 0.2) is 17.0 Å². The van der Waals surface area contributed by atoms with Crippen LogP contribution in [0.25, 0.3) is 28.2 Å². The molecule has 8 heteroatoms. The number of aromatic nitrogens is 4. The van der Waals surface area contributed by atoms with Crippen molar-refractivity contribution in [2.24, 2.45) is 0 Å². The summed E-state index contributed by atoms with van der Waals surface area (Å²) in [6.07, 6.45) is 2.64. The van der Waals surface area contributed by atoms with Gasteiger partial charge in [-0.15, -0.1) is 0 Å². The van der Waals surface area contributed by atoms with Crippen LogP contribution in [0.4, 0.5) is 11.5 Å². The minimum Gasteiger partial charge on any atom is -0.369 e. The molecule has 0 amide bonds. The van der Waals surface area contributed by atoms with E-state index in [1.807, 2.05) is 48.5 Å².